The van der Waals surface area contributed by atoms with Gasteiger partial charge in [-0.3, -0.25) is 10.1 Å². The lowest BCUT2D eigenvalue weighted by Crippen LogP contribution is -2.36. The maximum Gasteiger partial charge on any atom is 0.312 e. The van der Waals surface area contributed by atoms with E-state index in [1.54, 1.807) is 13.2 Å². The minimum absolute atomic E-state index is 0.118. The average Bonchev–Trinajstić information content (AvgIpc) is 2.47. The highest BCUT2D eigenvalue weighted by Gasteiger charge is 2.24. The number of nitro groups is 1. The third kappa shape index (κ3) is 2.96. The zero-order valence-electron chi connectivity index (χ0n) is 11.5. The Labute approximate surface area is 122 Å². The number of ether oxygens (including phenoxy) is 2. The van der Waals surface area contributed by atoms with Crippen LogP contribution in [0.5, 0.6) is 5.75 Å². The van der Waals surface area contributed by atoms with E-state index < -0.39 is 4.92 Å². The highest BCUT2D eigenvalue weighted by molar-refractivity contribution is 6.33. The summed E-state index contributed by atoms with van der Waals surface area (Å²) in [5, 5.41) is 11.3. The number of nitrogens with zero attached hydrogens (tertiary/aromatic N) is 2. The summed E-state index contributed by atoms with van der Waals surface area (Å²) in [5.74, 6) is 0.225. The summed E-state index contributed by atoms with van der Waals surface area (Å²) in [6, 6.07) is 2.98. The Hall–Kier alpha value is -1.53. The number of halogens is 1. The van der Waals surface area contributed by atoms with Gasteiger partial charge in [-0.15, -0.1) is 0 Å². The van der Waals surface area contributed by atoms with Crippen LogP contribution in [0.3, 0.4) is 0 Å². The molecule has 0 spiro atoms. The lowest BCUT2D eigenvalue weighted by atomic mass is 10.1. The van der Waals surface area contributed by atoms with Crippen LogP contribution >= 0.6 is 11.6 Å². The zero-order chi connectivity index (χ0) is 14.7. The van der Waals surface area contributed by atoms with Crippen LogP contribution in [0.25, 0.3) is 0 Å². The van der Waals surface area contributed by atoms with Crippen LogP contribution in [0, 0.1) is 10.1 Å². The van der Waals surface area contributed by atoms with Gasteiger partial charge >= 0.3 is 5.69 Å². The van der Waals surface area contributed by atoms with Crippen molar-refractivity contribution in [1.82, 2.24) is 0 Å². The molecule has 0 saturated carbocycles. The Morgan fingerprint density at radius 1 is 1.35 bits per heavy atom. The molecule has 1 saturated heterocycles. The van der Waals surface area contributed by atoms with Crippen molar-refractivity contribution >= 4 is 23.0 Å². The van der Waals surface area contributed by atoms with Crippen LogP contribution < -0.4 is 9.64 Å². The molecule has 0 atom stereocenters. The van der Waals surface area contributed by atoms with Gasteiger partial charge in [0.05, 0.1) is 28.8 Å². The molecule has 1 aromatic rings. The molecule has 1 aliphatic heterocycles. The topological polar surface area (TPSA) is 64.8 Å². The first-order valence-corrected chi connectivity index (χ1v) is 6.74. The third-order valence-corrected chi connectivity index (χ3v) is 3.86. The SMILES string of the molecule is COc1cc(N2CCC(OC)CC2)c(Cl)cc1[N+](=O)[O-]. The minimum atomic E-state index is -0.494. The Bertz CT molecular complexity index is 501. The van der Waals surface area contributed by atoms with Gasteiger partial charge in [0.2, 0.25) is 0 Å². The summed E-state index contributed by atoms with van der Waals surface area (Å²) in [6.07, 6.45) is 2.09. The van der Waals surface area contributed by atoms with E-state index in [2.05, 4.69) is 4.90 Å². The molecule has 1 fully saturated rings. The quantitative estimate of drug-likeness (QED) is 0.632. The van der Waals surface area contributed by atoms with Crippen molar-refractivity contribution in [3.63, 3.8) is 0 Å². The molecule has 0 amide bonds. The summed E-state index contributed by atoms with van der Waals surface area (Å²) in [4.78, 5) is 12.5. The first-order chi connectivity index (χ1) is 9.56. The lowest BCUT2D eigenvalue weighted by Gasteiger charge is -2.33. The van der Waals surface area contributed by atoms with Crippen molar-refractivity contribution in [1.29, 1.82) is 0 Å². The Balaban J connectivity index is 2.26. The lowest BCUT2D eigenvalue weighted by molar-refractivity contribution is -0.385. The molecule has 1 heterocycles. The summed E-state index contributed by atoms with van der Waals surface area (Å²) < 4.78 is 10.4. The molecule has 110 valence electrons. The number of methoxy groups -OCH3 is 2. The molecule has 0 bridgehead atoms. The molecule has 7 heteroatoms. The minimum Gasteiger partial charge on any atom is -0.490 e. The van der Waals surface area contributed by atoms with Gasteiger partial charge in [-0.05, 0) is 12.8 Å². The van der Waals surface area contributed by atoms with Crippen molar-refractivity contribution in [2.45, 2.75) is 18.9 Å². The van der Waals surface area contributed by atoms with Crippen molar-refractivity contribution < 1.29 is 14.4 Å². The molecule has 0 unspecified atom stereocenters. The van der Waals surface area contributed by atoms with E-state index in [1.807, 2.05) is 0 Å². The number of hydrogen-bond acceptors (Lipinski definition) is 5. The van der Waals surface area contributed by atoms with Gasteiger partial charge in [-0.25, -0.2) is 0 Å². The number of rotatable bonds is 4. The highest BCUT2D eigenvalue weighted by Crippen LogP contribution is 2.38. The van der Waals surface area contributed by atoms with E-state index in [0.717, 1.165) is 31.6 Å². The molecule has 1 aliphatic rings. The number of hydrogen-bond donors (Lipinski definition) is 0. The summed E-state index contributed by atoms with van der Waals surface area (Å²) in [7, 11) is 3.12. The predicted octanol–water partition coefficient (Wildman–Crippen LogP) is 2.87. The molecular formula is C13H17ClN2O4. The van der Waals surface area contributed by atoms with Crippen LogP contribution in [0.2, 0.25) is 5.02 Å². The Morgan fingerprint density at radius 2 is 2.00 bits per heavy atom. The molecule has 0 aromatic heterocycles. The maximum absolute atomic E-state index is 10.9. The van der Waals surface area contributed by atoms with Crippen LogP contribution in [0.1, 0.15) is 12.8 Å². The summed E-state index contributed by atoms with van der Waals surface area (Å²) in [5.41, 5.74) is 0.650. The van der Waals surface area contributed by atoms with E-state index in [1.165, 1.54) is 13.2 Å². The Kier molecular flexibility index (Phi) is 4.67. The number of nitro benzene ring substituents is 1. The monoisotopic (exact) mass is 300 g/mol. The van der Waals surface area contributed by atoms with Crippen molar-refractivity contribution in [2.75, 3.05) is 32.2 Å². The normalized spacial score (nSPS) is 16.2. The van der Waals surface area contributed by atoms with Gasteiger partial charge < -0.3 is 14.4 Å². The standard InChI is InChI=1S/C13H17ClN2O4/c1-19-9-3-5-15(6-4-9)11-8-13(20-2)12(16(17)18)7-10(11)14/h7-9H,3-6H2,1-2H3. The first kappa shape index (κ1) is 14.9. The second-order valence-corrected chi connectivity index (χ2v) is 5.06. The van der Waals surface area contributed by atoms with E-state index in [0.29, 0.717) is 5.02 Å². The van der Waals surface area contributed by atoms with E-state index >= 15 is 0 Å². The first-order valence-electron chi connectivity index (χ1n) is 6.36. The zero-order valence-corrected chi connectivity index (χ0v) is 12.2. The Morgan fingerprint density at radius 3 is 2.50 bits per heavy atom. The number of benzene rings is 1. The highest BCUT2D eigenvalue weighted by atomic mass is 35.5. The van der Waals surface area contributed by atoms with Gasteiger partial charge in [0.15, 0.2) is 5.75 Å². The molecule has 0 N–H and O–H groups in total. The molecule has 20 heavy (non-hydrogen) atoms. The second kappa shape index (κ2) is 6.28. The molecular weight excluding hydrogens is 284 g/mol. The fraction of sp³-hybridized carbons (Fsp3) is 0.538. The molecule has 2 rings (SSSR count). The molecule has 0 aliphatic carbocycles. The molecule has 0 radical (unpaired) electrons. The van der Waals surface area contributed by atoms with Crippen LogP contribution in [-0.4, -0.2) is 38.3 Å². The third-order valence-electron chi connectivity index (χ3n) is 3.56. The fourth-order valence-electron chi connectivity index (χ4n) is 2.41. The molecule has 1 aromatic carbocycles. The number of anilines is 1. The smallest absolute Gasteiger partial charge is 0.312 e. The van der Waals surface area contributed by atoms with Gasteiger partial charge in [-0.2, -0.15) is 0 Å². The van der Waals surface area contributed by atoms with Gasteiger partial charge in [-0.1, -0.05) is 11.6 Å². The van der Waals surface area contributed by atoms with E-state index in [-0.39, 0.29) is 17.5 Å². The van der Waals surface area contributed by atoms with Gasteiger partial charge in [0.25, 0.3) is 0 Å². The second-order valence-electron chi connectivity index (χ2n) is 4.65. The largest absolute Gasteiger partial charge is 0.490 e. The fourth-order valence-corrected chi connectivity index (χ4v) is 2.69. The predicted molar refractivity (Wildman–Crippen MR) is 76.9 cm³/mol. The van der Waals surface area contributed by atoms with E-state index in [9.17, 15) is 10.1 Å². The average molecular weight is 301 g/mol. The van der Waals surface area contributed by atoms with Crippen molar-refractivity contribution in [3.8, 4) is 5.75 Å². The summed E-state index contributed by atoms with van der Waals surface area (Å²) in [6.45, 7) is 1.61. The van der Waals surface area contributed by atoms with Crippen LogP contribution in [0.4, 0.5) is 11.4 Å². The van der Waals surface area contributed by atoms with Crippen molar-refractivity contribution in [3.05, 3.63) is 27.3 Å². The van der Waals surface area contributed by atoms with Crippen LogP contribution in [0.15, 0.2) is 12.1 Å². The van der Waals surface area contributed by atoms with E-state index in [4.69, 9.17) is 21.1 Å². The maximum atomic E-state index is 10.9. The van der Waals surface area contributed by atoms with Gasteiger partial charge in [0.1, 0.15) is 0 Å². The van der Waals surface area contributed by atoms with Crippen molar-refractivity contribution in [2.24, 2.45) is 0 Å². The van der Waals surface area contributed by atoms with Gasteiger partial charge in [0, 0.05) is 32.3 Å². The van der Waals surface area contributed by atoms with Crippen LogP contribution in [-0.2, 0) is 4.74 Å². The summed E-state index contributed by atoms with van der Waals surface area (Å²) >= 11 is 6.17. The number of piperidine rings is 1. The molecule has 6 nitrogen and oxygen atoms in total.